The normalized spacial score (nSPS) is 16.0. The number of allylic oxidation sites excluding steroid dienone is 1. The first-order chi connectivity index (χ1) is 9.84. The molecule has 0 fully saturated rings. The van der Waals surface area contributed by atoms with Gasteiger partial charge in [-0.2, -0.15) is 0 Å². The summed E-state index contributed by atoms with van der Waals surface area (Å²) in [5.41, 5.74) is -1.32. The number of thioether (sulfide) groups is 1. The van der Waals surface area contributed by atoms with Gasteiger partial charge in [0.25, 0.3) is 5.91 Å². The Labute approximate surface area is 127 Å². The van der Waals surface area contributed by atoms with Crippen molar-refractivity contribution in [3.05, 3.63) is 41.0 Å². The van der Waals surface area contributed by atoms with Crippen molar-refractivity contribution in [3.8, 4) is 0 Å². The summed E-state index contributed by atoms with van der Waals surface area (Å²) in [7, 11) is 0. The number of amides is 1. The molecule has 1 N–H and O–H groups in total. The Kier molecular flexibility index (Phi) is 4.27. The SMILES string of the molecule is CC1=C(Sc2ccccc2)C(=O)N(C(C)(C)C(=O)O)CO1. The number of nitrogens with zero attached hydrogens (tertiary/aromatic N) is 1. The molecule has 0 radical (unpaired) electrons. The second-order valence-electron chi connectivity index (χ2n) is 5.17. The molecule has 0 aliphatic carbocycles. The lowest BCUT2D eigenvalue weighted by atomic mass is 10.0. The van der Waals surface area contributed by atoms with E-state index in [0.717, 1.165) is 4.90 Å². The first-order valence-corrected chi connectivity index (χ1v) is 7.27. The molecule has 1 aliphatic heterocycles. The van der Waals surface area contributed by atoms with E-state index in [2.05, 4.69) is 0 Å². The van der Waals surface area contributed by atoms with Crippen LogP contribution < -0.4 is 0 Å². The van der Waals surface area contributed by atoms with Crippen LogP contribution in [0.15, 0.2) is 45.9 Å². The molecule has 1 aromatic rings. The molecule has 0 saturated heterocycles. The van der Waals surface area contributed by atoms with Crippen LogP contribution in [0, 0.1) is 0 Å². The van der Waals surface area contributed by atoms with Crippen molar-refractivity contribution in [2.75, 3.05) is 6.73 Å². The van der Waals surface area contributed by atoms with Crippen molar-refractivity contribution in [3.63, 3.8) is 0 Å². The van der Waals surface area contributed by atoms with Crippen LogP contribution in [0.4, 0.5) is 0 Å². The molecule has 1 aliphatic rings. The van der Waals surface area contributed by atoms with Crippen LogP contribution in [0.1, 0.15) is 20.8 Å². The molecule has 0 atom stereocenters. The molecule has 21 heavy (non-hydrogen) atoms. The largest absolute Gasteiger partial charge is 0.480 e. The second-order valence-corrected chi connectivity index (χ2v) is 6.25. The molecule has 6 heteroatoms. The van der Waals surface area contributed by atoms with Crippen LogP contribution in [0.5, 0.6) is 0 Å². The summed E-state index contributed by atoms with van der Waals surface area (Å²) in [6.07, 6.45) is 0. The standard InChI is InChI=1S/C15H17NO4S/c1-10-12(21-11-7-5-4-6-8-11)13(17)16(9-20-10)15(2,3)14(18)19/h4-8H,9H2,1-3H3,(H,18,19). The number of hydrogen-bond donors (Lipinski definition) is 1. The van der Waals surface area contributed by atoms with E-state index in [-0.39, 0.29) is 12.6 Å². The van der Waals surface area contributed by atoms with Crippen LogP contribution in [0.3, 0.4) is 0 Å². The highest BCUT2D eigenvalue weighted by Crippen LogP contribution is 2.35. The molecule has 1 aromatic carbocycles. The van der Waals surface area contributed by atoms with E-state index in [0.29, 0.717) is 10.7 Å². The van der Waals surface area contributed by atoms with E-state index in [4.69, 9.17) is 4.74 Å². The van der Waals surface area contributed by atoms with E-state index in [1.165, 1.54) is 30.5 Å². The lowest BCUT2D eigenvalue weighted by molar-refractivity contribution is -0.161. The summed E-state index contributed by atoms with van der Waals surface area (Å²) in [4.78, 5) is 26.5. The van der Waals surface area contributed by atoms with E-state index < -0.39 is 11.5 Å². The smallest absolute Gasteiger partial charge is 0.329 e. The van der Waals surface area contributed by atoms with E-state index in [1.807, 2.05) is 30.3 Å². The molecular formula is C15H17NO4S. The minimum Gasteiger partial charge on any atom is -0.480 e. The Hall–Kier alpha value is -1.95. The fourth-order valence-corrected chi connectivity index (χ4v) is 2.74. The summed E-state index contributed by atoms with van der Waals surface area (Å²) in [6.45, 7) is 4.64. The number of hydrogen-bond acceptors (Lipinski definition) is 4. The third-order valence-electron chi connectivity index (χ3n) is 3.33. The van der Waals surface area contributed by atoms with Gasteiger partial charge >= 0.3 is 5.97 Å². The zero-order valence-electron chi connectivity index (χ0n) is 12.1. The van der Waals surface area contributed by atoms with Gasteiger partial charge in [-0.15, -0.1) is 0 Å². The third kappa shape index (κ3) is 3.05. The maximum atomic E-state index is 12.6. The topological polar surface area (TPSA) is 66.8 Å². The van der Waals surface area contributed by atoms with Gasteiger partial charge in [-0.1, -0.05) is 30.0 Å². The van der Waals surface area contributed by atoms with Gasteiger partial charge < -0.3 is 9.84 Å². The quantitative estimate of drug-likeness (QED) is 0.926. The van der Waals surface area contributed by atoms with Crippen LogP contribution in [0.25, 0.3) is 0 Å². The summed E-state index contributed by atoms with van der Waals surface area (Å²) < 4.78 is 5.48. The van der Waals surface area contributed by atoms with Crippen molar-refractivity contribution < 1.29 is 19.4 Å². The zero-order chi connectivity index (χ0) is 15.6. The number of carboxylic acids is 1. The summed E-state index contributed by atoms with van der Waals surface area (Å²) in [6, 6.07) is 9.43. The summed E-state index contributed by atoms with van der Waals surface area (Å²) in [5, 5.41) is 9.28. The van der Waals surface area contributed by atoms with Crippen LogP contribution in [-0.4, -0.2) is 34.2 Å². The number of carbonyl (C=O) groups is 2. The number of ether oxygens (including phenoxy) is 1. The van der Waals surface area contributed by atoms with Gasteiger partial charge in [0, 0.05) is 4.90 Å². The Balaban J connectivity index is 2.29. The maximum Gasteiger partial charge on any atom is 0.329 e. The van der Waals surface area contributed by atoms with Gasteiger partial charge in [-0.05, 0) is 32.9 Å². The molecule has 1 heterocycles. The molecule has 0 unspecified atom stereocenters. The zero-order valence-corrected chi connectivity index (χ0v) is 12.9. The fourth-order valence-electron chi connectivity index (χ4n) is 1.81. The van der Waals surface area contributed by atoms with Gasteiger partial charge in [0.15, 0.2) is 6.73 Å². The fraction of sp³-hybridized carbons (Fsp3) is 0.333. The summed E-state index contributed by atoms with van der Waals surface area (Å²) >= 11 is 1.28. The van der Waals surface area contributed by atoms with E-state index in [1.54, 1.807) is 6.92 Å². The molecule has 0 bridgehead atoms. The van der Waals surface area contributed by atoms with Gasteiger partial charge in [-0.25, -0.2) is 4.79 Å². The number of carboxylic acid groups (broad SMARTS) is 1. The molecule has 0 aromatic heterocycles. The third-order valence-corrected chi connectivity index (χ3v) is 4.50. The minimum absolute atomic E-state index is 0.0528. The molecule has 112 valence electrons. The highest BCUT2D eigenvalue weighted by atomic mass is 32.2. The molecule has 0 spiro atoms. The highest BCUT2D eigenvalue weighted by Gasteiger charge is 2.42. The number of rotatable bonds is 4. The average Bonchev–Trinajstić information content (AvgIpc) is 2.44. The van der Waals surface area contributed by atoms with Crippen LogP contribution in [0.2, 0.25) is 0 Å². The Bertz CT molecular complexity index is 595. The van der Waals surface area contributed by atoms with Crippen LogP contribution >= 0.6 is 11.8 Å². The minimum atomic E-state index is -1.32. The number of carbonyl (C=O) groups excluding carboxylic acids is 1. The summed E-state index contributed by atoms with van der Waals surface area (Å²) in [5.74, 6) is -0.866. The van der Waals surface area contributed by atoms with Crippen molar-refractivity contribution in [2.45, 2.75) is 31.2 Å². The predicted octanol–water partition coefficient (Wildman–Crippen LogP) is 2.69. The van der Waals surface area contributed by atoms with Gasteiger partial charge in [-0.3, -0.25) is 9.69 Å². The number of aliphatic carboxylic acids is 1. The first kappa shape index (κ1) is 15.4. The monoisotopic (exact) mass is 307 g/mol. The Morgan fingerprint density at radius 1 is 1.33 bits per heavy atom. The lowest BCUT2D eigenvalue weighted by Crippen LogP contribution is -2.55. The van der Waals surface area contributed by atoms with E-state index in [9.17, 15) is 14.7 Å². The van der Waals surface area contributed by atoms with Crippen molar-refractivity contribution >= 4 is 23.6 Å². The van der Waals surface area contributed by atoms with Gasteiger partial charge in [0.05, 0.1) is 0 Å². The first-order valence-electron chi connectivity index (χ1n) is 6.46. The predicted molar refractivity (Wildman–Crippen MR) is 79.5 cm³/mol. The maximum absolute atomic E-state index is 12.6. The van der Waals surface area contributed by atoms with Crippen molar-refractivity contribution in [1.82, 2.24) is 4.90 Å². The molecule has 0 saturated carbocycles. The molecule has 2 rings (SSSR count). The molecule has 1 amide bonds. The number of benzene rings is 1. The molecule has 5 nitrogen and oxygen atoms in total. The van der Waals surface area contributed by atoms with Crippen molar-refractivity contribution in [2.24, 2.45) is 0 Å². The second kappa shape index (κ2) is 5.81. The highest BCUT2D eigenvalue weighted by molar-refractivity contribution is 8.04. The van der Waals surface area contributed by atoms with Crippen molar-refractivity contribution in [1.29, 1.82) is 0 Å². The Morgan fingerprint density at radius 2 is 1.95 bits per heavy atom. The molecular weight excluding hydrogens is 290 g/mol. The Morgan fingerprint density at radius 3 is 2.52 bits per heavy atom. The van der Waals surface area contributed by atoms with Crippen LogP contribution in [-0.2, 0) is 14.3 Å². The lowest BCUT2D eigenvalue weighted by Gasteiger charge is -2.38. The van der Waals surface area contributed by atoms with Gasteiger partial charge in [0.1, 0.15) is 16.2 Å². The van der Waals surface area contributed by atoms with Gasteiger partial charge in [0.2, 0.25) is 0 Å². The average molecular weight is 307 g/mol. The van der Waals surface area contributed by atoms with E-state index >= 15 is 0 Å².